The van der Waals surface area contributed by atoms with Crippen molar-refractivity contribution in [3.8, 4) is 0 Å². The number of hydrogen-bond acceptors (Lipinski definition) is 4. The zero-order valence-corrected chi connectivity index (χ0v) is 9.32. The Morgan fingerprint density at radius 3 is 2.13 bits per heavy atom. The van der Waals surface area contributed by atoms with Gasteiger partial charge in [0.2, 0.25) is 0 Å². The molecule has 0 N–H and O–H groups in total. The van der Waals surface area contributed by atoms with Crippen LogP contribution in [0.1, 0.15) is 32.1 Å². The molecular formula is C11H18O4. The Balaban J connectivity index is 2.29. The Bertz CT molecular complexity index is 229. The van der Waals surface area contributed by atoms with E-state index in [0.717, 1.165) is 25.7 Å². The van der Waals surface area contributed by atoms with Crippen LogP contribution in [0.25, 0.3) is 0 Å². The molecule has 1 saturated carbocycles. The van der Waals surface area contributed by atoms with Crippen LogP contribution in [0.2, 0.25) is 0 Å². The average molecular weight is 214 g/mol. The highest BCUT2D eigenvalue weighted by molar-refractivity contribution is 5.72. The third-order valence-corrected chi connectivity index (χ3v) is 3.06. The summed E-state index contributed by atoms with van der Waals surface area (Å²) in [4.78, 5) is 22.3. The first kappa shape index (κ1) is 12.0. The minimum atomic E-state index is -0.156. The number of ether oxygens (including phenoxy) is 2. The lowest BCUT2D eigenvalue weighted by atomic mass is 9.80. The summed E-state index contributed by atoms with van der Waals surface area (Å²) in [6.45, 7) is 0. The Hall–Kier alpha value is -1.06. The molecule has 4 heteroatoms. The van der Waals surface area contributed by atoms with E-state index in [2.05, 4.69) is 4.74 Å². The lowest BCUT2D eigenvalue weighted by Gasteiger charge is -2.25. The molecule has 4 nitrogen and oxygen atoms in total. The van der Waals surface area contributed by atoms with Crippen molar-refractivity contribution in [1.82, 2.24) is 0 Å². The fourth-order valence-corrected chi connectivity index (χ4v) is 2.09. The van der Waals surface area contributed by atoms with Crippen LogP contribution in [0.15, 0.2) is 0 Å². The molecule has 0 aromatic carbocycles. The molecule has 86 valence electrons. The Labute approximate surface area is 89.9 Å². The number of carbonyl (C=O) groups excluding carboxylic acids is 2. The van der Waals surface area contributed by atoms with Gasteiger partial charge in [0.15, 0.2) is 0 Å². The standard InChI is InChI=1S/C11H18O4/c1-14-10(12)7-8-3-5-9(6-4-8)11(13)15-2/h8-9H,3-7H2,1-2H3. The summed E-state index contributed by atoms with van der Waals surface area (Å²) >= 11 is 0. The van der Waals surface area contributed by atoms with Crippen molar-refractivity contribution in [2.45, 2.75) is 32.1 Å². The second-order valence-electron chi connectivity index (χ2n) is 4.02. The summed E-state index contributed by atoms with van der Waals surface area (Å²) in [6.07, 6.45) is 3.96. The van der Waals surface area contributed by atoms with Crippen molar-refractivity contribution in [1.29, 1.82) is 0 Å². The second kappa shape index (κ2) is 5.73. The Morgan fingerprint density at radius 1 is 1.07 bits per heavy atom. The molecule has 0 aromatic rings. The zero-order chi connectivity index (χ0) is 11.3. The number of methoxy groups -OCH3 is 2. The molecule has 0 heterocycles. The van der Waals surface area contributed by atoms with Crippen LogP contribution in [-0.4, -0.2) is 26.2 Å². The van der Waals surface area contributed by atoms with E-state index in [1.807, 2.05) is 0 Å². The molecular weight excluding hydrogens is 196 g/mol. The van der Waals surface area contributed by atoms with Gasteiger partial charge in [-0.1, -0.05) is 0 Å². The fourth-order valence-electron chi connectivity index (χ4n) is 2.09. The third-order valence-electron chi connectivity index (χ3n) is 3.06. The highest BCUT2D eigenvalue weighted by atomic mass is 16.5. The number of hydrogen-bond donors (Lipinski definition) is 0. The molecule has 0 amide bonds. The maximum absolute atomic E-state index is 11.2. The molecule has 0 bridgehead atoms. The Morgan fingerprint density at radius 2 is 1.67 bits per heavy atom. The monoisotopic (exact) mass is 214 g/mol. The summed E-state index contributed by atoms with van der Waals surface area (Å²) in [6, 6.07) is 0. The van der Waals surface area contributed by atoms with Crippen LogP contribution in [0.5, 0.6) is 0 Å². The van der Waals surface area contributed by atoms with Crippen molar-refractivity contribution in [2.24, 2.45) is 11.8 Å². The topological polar surface area (TPSA) is 52.6 Å². The molecule has 1 aliphatic carbocycles. The zero-order valence-electron chi connectivity index (χ0n) is 9.32. The molecule has 0 radical (unpaired) electrons. The van der Waals surface area contributed by atoms with Gasteiger partial charge in [-0.3, -0.25) is 9.59 Å². The summed E-state index contributed by atoms with van der Waals surface area (Å²) in [5.74, 6) is 0.130. The van der Waals surface area contributed by atoms with E-state index in [1.165, 1.54) is 14.2 Å². The van der Waals surface area contributed by atoms with Gasteiger partial charge in [0, 0.05) is 6.42 Å². The fraction of sp³-hybridized carbons (Fsp3) is 0.818. The second-order valence-corrected chi connectivity index (χ2v) is 4.02. The van der Waals surface area contributed by atoms with Crippen molar-refractivity contribution >= 4 is 11.9 Å². The maximum Gasteiger partial charge on any atom is 0.308 e. The highest BCUT2D eigenvalue weighted by Crippen LogP contribution is 2.31. The van der Waals surface area contributed by atoms with Crippen LogP contribution < -0.4 is 0 Å². The van der Waals surface area contributed by atoms with E-state index in [1.54, 1.807) is 0 Å². The third kappa shape index (κ3) is 3.53. The predicted molar refractivity (Wildman–Crippen MR) is 54.1 cm³/mol. The molecule has 1 rings (SSSR count). The first-order valence-electron chi connectivity index (χ1n) is 5.32. The van der Waals surface area contributed by atoms with Gasteiger partial charge in [0.05, 0.1) is 20.1 Å². The summed E-state index contributed by atoms with van der Waals surface area (Å²) < 4.78 is 9.31. The van der Waals surface area contributed by atoms with E-state index >= 15 is 0 Å². The number of carbonyl (C=O) groups is 2. The van der Waals surface area contributed by atoms with Gasteiger partial charge in [-0.15, -0.1) is 0 Å². The quantitative estimate of drug-likeness (QED) is 0.668. The summed E-state index contributed by atoms with van der Waals surface area (Å²) in [5.41, 5.74) is 0. The first-order chi connectivity index (χ1) is 7.17. The molecule has 0 spiro atoms. The lowest BCUT2D eigenvalue weighted by Crippen LogP contribution is -2.24. The smallest absolute Gasteiger partial charge is 0.308 e. The summed E-state index contributed by atoms with van der Waals surface area (Å²) in [5, 5.41) is 0. The van der Waals surface area contributed by atoms with Gasteiger partial charge < -0.3 is 9.47 Å². The lowest BCUT2D eigenvalue weighted by molar-refractivity contribution is -0.147. The Kier molecular flexibility index (Phi) is 4.59. The van der Waals surface area contributed by atoms with Gasteiger partial charge in [0.25, 0.3) is 0 Å². The van der Waals surface area contributed by atoms with Crippen LogP contribution in [0.3, 0.4) is 0 Å². The average Bonchev–Trinajstić information content (AvgIpc) is 2.29. The van der Waals surface area contributed by atoms with Crippen molar-refractivity contribution in [3.63, 3.8) is 0 Å². The van der Waals surface area contributed by atoms with Crippen molar-refractivity contribution in [3.05, 3.63) is 0 Å². The van der Waals surface area contributed by atoms with Gasteiger partial charge >= 0.3 is 11.9 Å². The van der Waals surface area contributed by atoms with E-state index in [-0.39, 0.29) is 17.9 Å². The van der Waals surface area contributed by atoms with Crippen LogP contribution in [0.4, 0.5) is 0 Å². The number of rotatable bonds is 3. The van der Waals surface area contributed by atoms with Crippen molar-refractivity contribution < 1.29 is 19.1 Å². The number of esters is 2. The van der Waals surface area contributed by atoms with Crippen LogP contribution >= 0.6 is 0 Å². The molecule has 0 saturated heterocycles. The van der Waals surface area contributed by atoms with Crippen LogP contribution in [0, 0.1) is 11.8 Å². The molecule has 0 aliphatic heterocycles. The van der Waals surface area contributed by atoms with Crippen LogP contribution in [-0.2, 0) is 19.1 Å². The van der Waals surface area contributed by atoms with E-state index in [4.69, 9.17) is 4.74 Å². The first-order valence-corrected chi connectivity index (χ1v) is 5.32. The molecule has 1 aliphatic rings. The predicted octanol–water partition coefficient (Wildman–Crippen LogP) is 1.53. The van der Waals surface area contributed by atoms with Gasteiger partial charge in [-0.25, -0.2) is 0 Å². The molecule has 0 atom stereocenters. The molecule has 0 aromatic heterocycles. The van der Waals surface area contributed by atoms with Gasteiger partial charge in [-0.2, -0.15) is 0 Å². The van der Waals surface area contributed by atoms with Gasteiger partial charge in [0.1, 0.15) is 0 Å². The van der Waals surface area contributed by atoms with E-state index < -0.39 is 0 Å². The highest BCUT2D eigenvalue weighted by Gasteiger charge is 2.27. The molecule has 0 unspecified atom stereocenters. The van der Waals surface area contributed by atoms with E-state index in [0.29, 0.717) is 12.3 Å². The van der Waals surface area contributed by atoms with Crippen molar-refractivity contribution in [2.75, 3.05) is 14.2 Å². The minimum Gasteiger partial charge on any atom is -0.469 e. The largest absolute Gasteiger partial charge is 0.469 e. The molecule has 15 heavy (non-hydrogen) atoms. The maximum atomic E-state index is 11.2. The van der Waals surface area contributed by atoms with Gasteiger partial charge in [-0.05, 0) is 31.6 Å². The minimum absolute atomic E-state index is 0.0314. The SMILES string of the molecule is COC(=O)CC1CCC(C(=O)OC)CC1. The summed E-state index contributed by atoms with van der Waals surface area (Å²) in [7, 11) is 2.82. The normalized spacial score (nSPS) is 25.7. The molecule has 1 fully saturated rings. The van der Waals surface area contributed by atoms with E-state index in [9.17, 15) is 9.59 Å².